The van der Waals surface area contributed by atoms with Crippen LogP contribution in [0.5, 0.6) is 0 Å². The van der Waals surface area contributed by atoms with Crippen molar-refractivity contribution in [2.24, 2.45) is 0 Å². The highest BCUT2D eigenvalue weighted by Gasteiger charge is 2.28. The molecule has 0 radical (unpaired) electrons. The van der Waals surface area contributed by atoms with Crippen LogP contribution in [0.1, 0.15) is 53.3 Å². The molecule has 0 saturated carbocycles. The summed E-state index contributed by atoms with van der Waals surface area (Å²) in [5.74, 6) is 1.18. The smallest absolute Gasteiger partial charge is 0.272 e. The van der Waals surface area contributed by atoms with Crippen molar-refractivity contribution in [3.05, 3.63) is 41.2 Å². The molecule has 134 valence electrons. The van der Waals surface area contributed by atoms with Gasteiger partial charge in [0.25, 0.3) is 5.91 Å². The quantitative estimate of drug-likeness (QED) is 0.832. The number of piperidine rings is 1. The molecule has 0 aromatic carbocycles. The zero-order valence-electron chi connectivity index (χ0n) is 15.1. The highest BCUT2D eigenvalue weighted by molar-refractivity contribution is 5.92. The van der Waals surface area contributed by atoms with Crippen LogP contribution in [0, 0.1) is 6.92 Å². The summed E-state index contributed by atoms with van der Waals surface area (Å²) in [5, 5.41) is 4.19. The van der Waals surface area contributed by atoms with Gasteiger partial charge < -0.3 is 9.64 Å². The Morgan fingerprint density at radius 1 is 1.36 bits per heavy atom. The fourth-order valence-electron chi connectivity index (χ4n) is 3.42. The Hall–Kier alpha value is -2.28. The van der Waals surface area contributed by atoms with E-state index in [2.05, 4.69) is 15.1 Å². The SMILES string of the molecule is CCn1nccc1C(=O)N1CCC(c2nc(C)ncc2COC)CC1. The number of ether oxygens (including phenoxy) is 1. The minimum Gasteiger partial charge on any atom is -0.380 e. The van der Waals surface area contributed by atoms with Gasteiger partial charge in [0.1, 0.15) is 11.5 Å². The fourth-order valence-corrected chi connectivity index (χ4v) is 3.42. The van der Waals surface area contributed by atoms with E-state index in [9.17, 15) is 4.79 Å². The molecular formula is C18H25N5O2. The second-order valence-electron chi connectivity index (χ2n) is 6.36. The number of carbonyl (C=O) groups is 1. The van der Waals surface area contributed by atoms with E-state index in [1.54, 1.807) is 24.1 Å². The Balaban J connectivity index is 1.70. The number of likely N-dealkylation sites (tertiary alicyclic amines) is 1. The largest absolute Gasteiger partial charge is 0.380 e. The lowest BCUT2D eigenvalue weighted by Gasteiger charge is -2.32. The van der Waals surface area contributed by atoms with Gasteiger partial charge in [0.05, 0.1) is 12.3 Å². The maximum atomic E-state index is 12.7. The number of hydrogen-bond acceptors (Lipinski definition) is 5. The number of rotatable bonds is 5. The molecule has 1 saturated heterocycles. The van der Waals surface area contributed by atoms with Crippen molar-refractivity contribution in [2.75, 3.05) is 20.2 Å². The first-order valence-electron chi connectivity index (χ1n) is 8.76. The summed E-state index contributed by atoms with van der Waals surface area (Å²) in [7, 11) is 1.68. The molecular weight excluding hydrogens is 318 g/mol. The summed E-state index contributed by atoms with van der Waals surface area (Å²) < 4.78 is 7.03. The minimum absolute atomic E-state index is 0.0637. The lowest BCUT2D eigenvalue weighted by molar-refractivity contribution is 0.0698. The second kappa shape index (κ2) is 7.74. The lowest BCUT2D eigenvalue weighted by atomic mass is 9.90. The van der Waals surface area contributed by atoms with Crippen LogP contribution in [0.2, 0.25) is 0 Å². The summed E-state index contributed by atoms with van der Waals surface area (Å²) in [6, 6.07) is 1.79. The van der Waals surface area contributed by atoms with Crippen LogP contribution in [-0.2, 0) is 17.9 Å². The van der Waals surface area contributed by atoms with Gasteiger partial charge in [0.15, 0.2) is 0 Å². The molecule has 0 unspecified atom stereocenters. The summed E-state index contributed by atoms with van der Waals surface area (Å²) in [6.07, 6.45) is 5.35. The van der Waals surface area contributed by atoms with Gasteiger partial charge in [0.2, 0.25) is 0 Å². The first kappa shape index (κ1) is 17.5. The molecule has 0 aliphatic carbocycles. The van der Waals surface area contributed by atoms with E-state index in [0.717, 1.165) is 43.0 Å². The summed E-state index contributed by atoms with van der Waals surface area (Å²) in [5.41, 5.74) is 2.78. The zero-order valence-corrected chi connectivity index (χ0v) is 15.1. The topological polar surface area (TPSA) is 73.1 Å². The maximum Gasteiger partial charge on any atom is 0.272 e. The first-order valence-corrected chi connectivity index (χ1v) is 8.76. The molecule has 3 heterocycles. The summed E-state index contributed by atoms with van der Waals surface area (Å²) in [6.45, 7) is 6.58. The number of aromatic nitrogens is 4. The minimum atomic E-state index is 0.0637. The molecule has 1 fully saturated rings. The highest BCUT2D eigenvalue weighted by Crippen LogP contribution is 2.29. The van der Waals surface area contributed by atoms with Crippen LogP contribution in [-0.4, -0.2) is 50.8 Å². The molecule has 2 aromatic heterocycles. The van der Waals surface area contributed by atoms with E-state index in [1.165, 1.54) is 0 Å². The summed E-state index contributed by atoms with van der Waals surface area (Å²) >= 11 is 0. The van der Waals surface area contributed by atoms with Crippen LogP contribution in [0.4, 0.5) is 0 Å². The van der Waals surface area contributed by atoms with E-state index in [4.69, 9.17) is 4.74 Å². The Labute approximate surface area is 148 Å². The first-order chi connectivity index (χ1) is 12.1. The molecule has 0 spiro atoms. The third-order valence-electron chi connectivity index (χ3n) is 4.72. The van der Waals surface area contributed by atoms with Crippen LogP contribution < -0.4 is 0 Å². The predicted molar refractivity (Wildman–Crippen MR) is 93.3 cm³/mol. The highest BCUT2D eigenvalue weighted by atomic mass is 16.5. The van der Waals surface area contributed by atoms with Gasteiger partial charge in [0, 0.05) is 50.6 Å². The maximum absolute atomic E-state index is 12.7. The molecule has 1 amide bonds. The van der Waals surface area contributed by atoms with Crippen molar-refractivity contribution in [3.8, 4) is 0 Å². The Bertz CT molecular complexity index is 735. The third kappa shape index (κ3) is 3.71. The van der Waals surface area contributed by atoms with Gasteiger partial charge >= 0.3 is 0 Å². The zero-order chi connectivity index (χ0) is 17.8. The van der Waals surface area contributed by atoms with Gasteiger partial charge in [-0.05, 0) is 32.8 Å². The van der Waals surface area contributed by atoms with Crippen LogP contribution in [0.15, 0.2) is 18.5 Å². The molecule has 3 rings (SSSR count). The number of methoxy groups -OCH3 is 1. The van der Waals surface area contributed by atoms with E-state index >= 15 is 0 Å². The number of hydrogen-bond donors (Lipinski definition) is 0. The van der Waals surface area contributed by atoms with Gasteiger partial charge in [-0.1, -0.05) is 0 Å². The molecule has 0 atom stereocenters. The van der Waals surface area contributed by atoms with Crippen molar-refractivity contribution < 1.29 is 9.53 Å². The average Bonchev–Trinajstić information content (AvgIpc) is 3.11. The molecule has 2 aromatic rings. The monoisotopic (exact) mass is 343 g/mol. The van der Waals surface area contributed by atoms with E-state index in [0.29, 0.717) is 24.8 Å². The van der Waals surface area contributed by atoms with Crippen molar-refractivity contribution in [3.63, 3.8) is 0 Å². The number of amides is 1. The second-order valence-corrected chi connectivity index (χ2v) is 6.36. The van der Waals surface area contributed by atoms with Gasteiger partial charge in [-0.25, -0.2) is 9.97 Å². The Morgan fingerprint density at radius 2 is 2.12 bits per heavy atom. The lowest BCUT2D eigenvalue weighted by Crippen LogP contribution is -2.39. The van der Waals surface area contributed by atoms with Crippen LogP contribution in [0.25, 0.3) is 0 Å². The Morgan fingerprint density at radius 3 is 2.80 bits per heavy atom. The van der Waals surface area contributed by atoms with E-state index in [-0.39, 0.29) is 5.91 Å². The van der Waals surface area contributed by atoms with Gasteiger partial charge in [-0.15, -0.1) is 0 Å². The number of aryl methyl sites for hydroxylation is 2. The van der Waals surface area contributed by atoms with Crippen LogP contribution in [0.3, 0.4) is 0 Å². The normalized spacial score (nSPS) is 15.6. The molecule has 0 bridgehead atoms. The van der Waals surface area contributed by atoms with Crippen LogP contribution >= 0.6 is 0 Å². The van der Waals surface area contributed by atoms with E-state index in [1.807, 2.05) is 24.9 Å². The van der Waals surface area contributed by atoms with Crippen molar-refractivity contribution in [2.45, 2.75) is 45.8 Å². The van der Waals surface area contributed by atoms with Gasteiger partial charge in [-0.3, -0.25) is 9.48 Å². The standard InChI is InChI=1S/C18H25N5O2/c1-4-23-16(5-8-20-23)18(24)22-9-6-14(7-10-22)17-15(12-25-3)11-19-13(2)21-17/h5,8,11,14H,4,6-7,9-10,12H2,1-3H3. The molecule has 0 N–H and O–H groups in total. The number of carbonyl (C=O) groups excluding carboxylic acids is 1. The Kier molecular flexibility index (Phi) is 5.43. The molecule has 1 aliphatic rings. The molecule has 1 aliphatic heterocycles. The van der Waals surface area contributed by atoms with Gasteiger partial charge in [-0.2, -0.15) is 5.10 Å². The van der Waals surface area contributed by atoms with Crippen molar-refractivity contribution in [1.82, 2.24) is 24.6 Å². The van der Waals surface area contributed by atoms with Crippen molar-refractivity contribution >= 4 is 5.91 Å². The molecule has 25 heavy (non-hydrogen) atoms. The molecule has 7 nitrogen and oxygen atoms in total. The summed E-state index contributed by atoms with van der Waals surface area (Å²) in [4.78, 5) is 23.6. The third-order valence-corrected chi connectivity index (χ3v) is 4.72. The molecule has 7 heteroatoms. The van der Waals surface area contributed by atoms with E-state index < -0.39 is 0 Å². The predicted octanol–water partition coefficient (Wildman–Crippen LogP) is 2.17. The average molecular weight is 343 g/mol. The number of nitrogens with zero attached hydrogens (tertiary/aromatic N) is 5. The van der Waals surface area contributed by atoms with Crippen molar-refractivity contribution in [1.29, 1.82) is 0 Å². The fraction of sp³-hybridized carbons (Fsp3) is 0.556.